The topological polar surface area (TPSA) is 46.2 Å². The van der Waals surface area contributed by atoms with Gasteiger partial charge in [0.25, 0.3) is 0 Å². The number of phenolic OH excluding ortho intramolecular Hbond substituents is 1. The molecule has 2 nitrogen and oxygen atoms in total. The molecule has 1 unspecified atom stereocenters. The minimum atomic E-state index is -0.654. The Bertz CT molecular complexity index is 358. The fourth-order valence-electron chi connectivity index (χ4n) is 1.24. The minimum Gasteiger partial charge on any atom is -0.506 e. The van der Waals surface area contributed by atoms with Crippen LogP contribution in [0, 0.1) is 11.7 Å². The Balaban J connectivity index is 3.39. The van der Waals surface area contributed by atoms with E-state index in [0.29, 0.717) is 4.47 Å². The van der Waals surface area contributed by atoms with Crippen LogP contribution in [0.3, 0.4) is 0 Å². The molecule has 0 saturated carbocycles. The maximum absolute atomic E-state index is 13.7. The first-order valence-corrected chi connectivity index (χ1v) is 5.65. The van der Waals surface area contributed by atoms with Crippen molar-refractivity contribution in [2.45, 2.75) is 19.9 Å². The average molecular weight is 297 g/mol. The van der Waals surface area contributed by atoms with E-state index in [1.165, 1.54) is 6.07 Å². The lowest BCUT2D eigenvalue weighted by Crippen LogP contribution is -2.18. The van der Waals surface area contributed by atoms with Gasteiger partial charge in [-0.25, -0.2) is 4.39 Å². The third-order valence-electron chi connectivity index (χ3n) is 2.23. The molecule has 0 aromatic heterocycles. The van der Waals surface area contributed by atoms with Crippen LogP contribution in [0.4, 0.5) is 4.39 Å². The molecule has 0 aliphatic heterocycles. The highest BCUT2D eigenvalue weighted by atomic mass is 79.9. The number of hydrogen-bond donors (Lipinski definition) is 2. The number of hydrogen-bond acceptors (Lipinski definition) is 2. The zero-order valence-corrected chi connectivity index (χ0v) is 10.7. The van der Waals surface area contributed by atoms with Crippen molar-refractivity contribution in [3.05, 3.63) is 26.9 Å². The summed E-state index contributed by atoms with van der Waals surface area (Å²) in [5, 5.41) is 9.65. The Morgan fingerprint density at radius 3 is 2.53 bits per heavy atom. The van der Waals surface area contributed by atoms with Gasteiger partial charge in [-0.15, -0.1) is 0 Å². The molecule has 0 spiro atoms. The molecule has 15 heavy (non-hydrogen) atoms. The van der Waals surface area contributed by atoms with Gasteiger partial charge in [0.2, 0.25) is 0 Å². The Morgan fingerprint density at radius 2 is 2.07 bits per heavy atom. The van der Waals surface area contributed by atoms with Crippen molar-refractivity contribution in [2.75, 3.05) is 0 Å². The predicted molar refractivity (Wildman–Crippen MR) is 62.5 cm³/mol. The highest BCUT2D eigenvalue weighted by Crippen LogP contribution is 2.39. The molecule has 84 valence electrons. The largest absolute Gasteiger partial charge is 0.506 e. The van der Waals surface area contributed by atoms with E-state index in [0.717, 1.165) is 0 Å². The van der Waals surface area contributed by atoms with Crippen molar-refractivity contribution in [2.24, 2.45) is 11.7 Å². The lowest BCUT2D eigenvalue weighted by molar-refractivity contribution is 0.420. The van der Waals surface area contributed by atoms with Gasteiger partial charge in [0.05, 0.1) is 9.50 Å². The van der Waals surface area contributed by atoms with Crippen LogP contribution in [0.2, 0.25) is 5.02 Å². The van der Waals surface area contributed by atoms with Crippen LogP contribution >= 0.6 is 27.5 Å². The molecule has 1 atom stereocenters. The Hall–Kier alpha value is -0.320. The summed E-state index contributed by atoms with van der Waals surface area (Å²) in [5.41, 5.74) is 5.86. The zero-order chi connectivity index (χ0) is 11.7. The molecule has 0 heterocycles. The maximum Gasteiger partial charge on any atom is 0.150 e. The molecule has 0 amide bonds. The number of benzene rings is 1. The predicted octanol–water partition coefficient (Wildman–Crippen LogP) is 3.60. The Kier molecular flexibility index (Phi) is 3.98. The van der Waals surface area contributed by atoms with Gasteiger partial charge in [-0.3, -0.25) is 0 Å². The molecule has 0 fully saturated rings. The monoisotopic (exact) mass is 295 g/mol. The molecule has 0 radical (unpaired) electrons. The fraction of sp³-hybridized carbons (Fsp3) is 0.400. The van der Waals surface area contributed by atoms with E-state index in [4.69, 9.17) is 17.3 Å². The summed E-state index contributed by atoms with van der Waals surface area (Å²) in [5.74, 6) is -0.826. The van der Waals surface area contributed by atoms with Crippen molar-refractivity contribution in [1.29, 1.82) is 0 Å². The summed E-state index contributed by atoms with van der Waals surface area (Å²) in [6.45, 7) is 3.69. The van der Waals surface area contributed by atoms with E-state index in [1.54, 1.807) is 0 Å². The molecule has 0 aliphatic rings. The molecule has 1 aromatic carbocycles. The van der Waals surface area contributed by atoms with E-state index in [9.17, 15) is 9.50 Å². The SMILES string of the molecule is CC(C)C(N)c1c(O)c(Br)cc(Cl)c1F. The van der Waals surface area contributed by atoms with Crippen molar-refractivity contribution in [1.82, 2.24) is 0 Å². The summed E-state index contributed by atoms with van der Waals surface area (Å²) >= 11 is 8.76. The smallest absolute Gasteiger partial charge is 0.150 e. The maximum atomic E-state index is 13.7. The van der Waals surface area contributed by atoms with Gasteiger partial charge in [0, 0.05) is 11.6 Å². The minimum absolute atomic E-state index is 0.00997. The molecule has 0 aliphatic carbocycles. The van der Waals surface area contributed by atoms with Crippen LogP contribution in [0.1, 0.15) is 25.5 Å². The highest BCUT2D eigenvalue weighted by molar-refractivity contribution is 9.10. The van der Waals surface area contributed by atoms with Gasteiger partial charge in [0.1, 0.15) is 11.6 Å². The third kappa shape index (κ3) is 2.44. The summed E-state index contributed by atoms with van der Waals surface area (Å²) < 4.78 is 14.0. The van der Waals surface area contributed by atoms with Crippen molar-refractivity contribution >= 4 is 27.5 Å². The summed E-state index contributed by atoms with van der Waals surface area (Å²) in [4.78, 5) is 0. The van der Waals surface area contributed by atoms with Crippen LogP contribution < -0.4 is 5.73 Å². The van der Waals surface area contributed by atoms with Gasteiger partial charge in [-0.2, -0.15) is 0 Å². The van der Waals surface area contributed by atoms with Gasteiger partial charge < -0.3 is 10.8 Å². The van der Waals surface area contributed by atoms with Crippen molar-refractivity contribution < 1.29 is 9.50 Å². The van der Waals surface area contributed by atoms with Crippen LogP contribution in [-0.2, 0) is 0 Å². The second-order valence-electron chi connectivity index (χ2n) is 3.69. The van der Waals surface area contributed by atoms with Crippen molar-refractivity contribution in [3.63, 3.8) is 0 Å². The summed E-state index contributed by atoms with van der Waals surface area (Å²) in [6, 6.07) is 0.725. The number of nitrogens with two attached hydrogens (primary N) is 1. The van der Waals surface area contributed by atoms with Gasteiger partial charge >= 0.3 is 0 Å². The van der Waals surface area contributed by atoms with Crippen LogP contribution in [-0.4, -0.2) is 5.11 Å². The van der Waals surface area contributed by atoms with Crippen molar-refractivity contribution in [3.8, 4) is 5.75 Å². The number of halogens is 3. The first-order chi connectivity index (χ1) is 6.86. The van der Waals surface area contributed by atoms with Crippen LogP contribution in [0.25, 0.3) is 0 Å². The molecule has 0 saturated heterocycles. The number of phenols is 1. The molecule has 1 rings (SSSR count). The normalized spacial score (nSPS) is 13.3. The first kappa shape index (κ1) is 12.7. The third-order valence-corrected chi connectivity index (χ3v) is 3.11. The van der Waals surface area contributed by atoms with Gasteiger partial charge in [-0.1, -0.05) is 25.4 Å². The Labute approximate surface area is 101 Å². The standard InChI is InChI=1S/C10H12BrClFNO/c1-4(2)9(14)7-8(13)6(12)3-5(11)10(7)15/h3-4,9,15H,14H2,1-2H3. The first-order valence-electron chi connectivity index (χ1n) is 4.48. The fourth-order valence-corrected chi connectivity index (χ4v) is 2.03. The van der Waals surface area contributed by atoms with Gasteiger partial charge in [0.15, 0.2) is 0 Å². The number of rotatable bonds is 2. The van der Waals surface area contributed by atoms with Crippen LogP contribution in [0.5, 0.6) is 5.75 Å². The lowest BCUT2D eigenvalue weighted by Gasteiger charge is -2.19. The van der Waals surface area contributed by atoms with E-state index in [1.807, 2.05) is 13.8 Å². The molecular weight excluding hydrogens is 284 g/mol. The average Bonchev–Trinajstić information content (AvgIpc) is 2.15. The second kappa shape index (κ2) is 4.68. The highest BCUT2D eigenvalue weighted by Gasteiger charge is 2.23. The number of aromatic hydroxyl groups is 1. The van der Waals surface area contributed by atoms with E-state index in [2.05, 4.69) is 15.9 Å². The molecular formula is C10H12BrClFNO. The molecule has 3 N–H and O–H groups in total. The molecule has 0 bridgehead atoms. The summed E-state index contributed by atoms with van der Waals surface area (Å²) in [6.07, 6.45) is 0. The Morgan fingerprint density at radius 1 is 1.53 bits per heavy atom. The van der Waals surface area contributed by atoms with E-state index >= 15 is 0 Å². The molecule has 5 heteroatoms. The van der Waals surface area contributed by atoms with Crippen LogP contribution in [0.15, 0.2) is 10.5 Å². The van der Waals surface area contributed by atoms with E-state index in [-0.39, 0.29) is 22.3 Å². The summed E-state index contributed by atoms with van der Waals surface area (Å²) in [7, 11) is 0. The van der Waals surface area contributed by atoms with Gasteiger partial charge in [-0.05, 0) is 27.9 Å². The quantitative estimate of drug-likeness (QED) is 0.819. The second-order valence-corrected chi connectivity index (χ2v) is 4.95. The zero-order valence-electron chi connectivity index (χ0n) is 8.39. The molecule has 1 aromatic rings. The lowest BCUT2D eigenvalue weighted by atomic mass is 9.96. The van der Waals surface area contributed by atoms with E-state index < -0.39 is 11.9 Å².